The number of amides is 1. The van der Waals surface area contributed by atoms with E-state index in [4.69, 9.17) is 0 Å². The Bertz CT molecular complexity index is 812. The van der Waals surface area contributed by atoms with Crippen molar-refractivity contribution < 1.29 is 4.79 Å². The first kappa shape index (κ1) is 18.7. The molecule has 0 bridgehead atoms. The summed E-state index contributed by atoms with van der Waals surface area (Å²) in [7, 11) is 0. The van der Waals surface area contributed by atoms with Crippen LogP contribution in [0.2, 0.25) is 0 Å². The fourth-order valence-corrected chi connectivity index (χ4v) is 4.36. The molecule has 0 spiro atoms. The average Bonchev–Trinajstić information content (AvgIpc) is 3.22. The van der Waals surface area contributed by atoms with Crippen LogP contribution in [0.1, 0.15) is 59.3 Å². The van der Waals surface area contributed by atoms with Gasteiger partial charge in [0, 0.05) is 31.6 Å². The third-order valence-corrected chi connectivity index (χ3v) is 5.48. The number of aryl methyl sites for hydroxylation is 2. The topological polar surface area (TPSA) is 47.2 Å². The number of rotatable bonds is 7. The number of hydrogen-bond donors (Lipinski definition) is 0. The quantitative estimate of drug-likeness (QED) is 0.757. The summed E-state index contributed by atoms with van der Waals surface area (Å²) in [6.07, 6.45) is 5.94. The lowest BCUT2D eigenvalue weighted by molar-refractivity contribution is -0.135. The van der Waals surface area contributed by atoms with E-state index in [1.165, 1.54) is 12.8 Å². The van der Waals surface area contributed by atoms with Crippen LogP contribution < -0.4 is 5.69 Å². The zero-order valence-corrected chi connectivity index (χ0v) is 16.3. The predicted molar refractivity (Wildman–Crippen MR) is 105 cm³/mol. The molecule has 1 fully saturated rings. The molecule has 0 radical (unpaired) electrons. The third-order valence-electron chi connectivity index (χ3n) is 5.48. The minimum absolute atomic E-state index is 0.00202. The highest BCUT2D eigenvalue weighted by atomic mass is 16.2. The summed E-state index contributed by atoms with van der Waals surface area (Å²) in [5.74, 6) is 0.172. The van der Waals surface area contributed by atoms with E-state index in [1.54, 1.807) is 4.57 Å². The molecule has 5 heteroatoms. The molecule has 2 aromatic rings. The zero-order chi connectivity index (χ0) is 18.7. The highest BCUT2D eigenvalue weighted by Crippen LogP contribution is 2.26. The summed E-state index contributed by atoms with van der Waals surface area (Å²) in [4.78, 5) is 27.8. The van der Waals surface area contributed by atoms with Crippen molar-refractivity contribution in [3.8, 4) is 0 Å². The summed E-state index contributed by atoms with van der Waals surface area (Å²) in [5, 5.41) is 0. The molecule has 3 rings (SSSR count). The SMILES string of the molecule is CCCn1c(=O)n(CCC(=O)N(C(C)C)C2CCCC2)c2ccccc21. The lowest BCUT2D eigenvalue weighted by Gasteiger charge is -2.33. The molecule has 26 heavy (non-hydrogen) atoms. The molecule has 1 aliphatic rings. The van der Waals surface area contributed by atoms with Gasteiger partial charge < -0.3 is 4.90 Å². The lowest BCUT2D eigenvalue weighted by atomic mass is 10.1. The number of aromatic nitrogens is 2. The second kappa shape index (κ2) is 8.11. The van der Waals surface area contributed by atoms with Crippen LogP contribution in [0.4, 0.5) is 0 Å². The van der Waals surface area contributed by atoms with Crippen molar-refractivity contribution in [2.24, 2.45) is 0 Å². The molecule has 1 aromatic carbocycles. The van der Waals surface area contributed by atoms with Gasteiger partial charge in [0.15, 0.2) is 0 Å². The Morgan fingerprint density at radius 2 is 1.69 bits per heavy atom. The van der Waals surface area contributed by atoms with Crippen molar-refractivity contribution in [2.45, 2.75) is 84.5 Å². The van der Waals surface area contributed by atoms with Gasteiger partial charge in [0.05, 0.1) is 11.0 Å². The Kier molecular flexibility index (Phi) is 5.84. The maximum atomic E-state index is 12.9. The largest absolute Gasteiger partial charge is 0.337 e. The molecule has 1 saturated carbocycles. The van der Waals surface area contributed by atoms with Crippen LogP contribution >= 0.6 is 0 Å². The summed E-state index contributed by atoms with van der Waals surface area (Å²) in [6.45, 7) is 7.42. The fourth-order valence-electron chi connectivity index (χ4n) is 4.36. The Morgan fingerprint density at radius 1 is 1.12 bits per heavy atom. The van der Waals surface area contributed by atoms with Crippen LogP contribution in [-0.2, 0) is 17.9 Å². The van der Waals surface area contributed by atoms with Gasteiger partial charge in [-0.15, -0.1) is 0 Å². The maximum absolute atomic E-state index is 12.9. The lowest BCUT2D eigenvalue weighted by Crippen LogP contribution is -2.44. The van der Waals surface area contributed by atoms with Crippen LogP contribution in [0.3, 0.4) is 0 Å². The Balaban J connectivity index is 1.82. The number of fused-ring (bicyclic) bond motifs is 1. The summed E-state index contributed by atoms with van der Waals surface area (Å²) in [5.41, 5.74) is 1.89. The first-order valence-corrected chi connectivity index (χ1v) is 10.0. The van der Waals surface area contributed by atoms with Crippen molar-refractivity contribution in [3.63, 3.8) is 0 Å². The van der Waals surface area contributed by atoms with E-state index in [0.717, 1.165) is 30.3 Å². The monoisotopic (exact) mass is 357 g/mol. The average molecular weight is 357 g/mol. The first-order valence-electron chi connectivity index (χ1n) is 10.0. The zero-order valence-electron chi connectivity index (χ0n) is 16.3. The van der Waals surface area contributed by atoms with Crippen LogP contribution in [0.5, 0.6) is 0 Å². The Morgan fingerprint density at radius 3 is 2.23 bits per heavy atom. The molecule has 0 N–H and O–H groups in total. The highest BCUT2D eigenvalue weighted by Gasteiger charge is 2.28. The minimum Gasteiger partial charge on any atom is -0.337 e. The van der Waals surface area contributed by atoms with Crippen molar-refractivity contribution in [1.29, 1.82) is 0 Å². The molecular weight excluding hydrogens is 326 g/mol. The molecular formula is C21H31N3O2. The van der Waals surface area contributed by atoms with Gasteiger partial charge >= 0.3 is 5.69 Å². The number of carbonyl (C=O) groups is 1. The molecule has 1 heterocycles. The van der Waals surface area contributed by atoms with Crippen molar-refractivity contribution >= 4 is 16.9 Å². The number of carbonyl (C=O) groups excluding carboxylic acids is 1. The van der Waals surface area contributed by atoms with E-state index in [1.807, 2.05) is 28.8 Å². The van der Waals surface area contributed by atoms with E-state index < -0.39 is 0 Å². The van der Waals surface area contributed by atoms with Gasteiger partial charge in [0.1, 0.15) is 0 Å². The molecule has 142 valence electrons. The molecule has 0 aliphatic heterocycles. The number of hydrogen-bond acceptors (Lipinski definition) is 2. The predicted octanol–water partition coefficient (Wildman–Crippen LogP) is 3.78. The highest BCUT2D eigenvalue weighted by molar-refractivity contribution is 5.78. The van der Waals surface area contributed by atoms with E-state index in [9.17, 15) is 9.59 Å². The van der Waals surface area contributed by atoms with Crippen LogP contribution in [0.15, 0.2) is 29.1 Å². The molecule has 5 nitrogen and oxygen atoms in total. The van der Waals surface area contributed by atoms with Gasteiger partial charge in [-0.25, -0.2) is 4.79 Å². The first-order chi connectivity index (χ1) is 12.5. The van der Waals surface area contributed by atoms with Gasteiger partial charge in [-0.05, 0) is 45.2 Å². The fraction of sp³-hybridized carbons (Fsp3) is 0.619. The molecule has 0 saturated heterocycles. The maximum Gasteiger partial charge on any atom is 0.329 e. The van der Waals surface area contributed by atoms with E-state index in [2.05, 4.69) is 25.7 Å². The Hall–Kier alpha value is -2.04. The summed E-state index contributed by atoms with van der Waals surface area (Å²) >= 11 is 0. The van der Waals surface area contributed by atoms with E-state index >= 15 is 0 Å². The van der Waals surface area contributed by atoms with Gasteiger partial charge in [-0.3, -0.25) is 13.9 Å². The molecule has 1 aromatic heterocycles. The third kappa shape index (κ3) is 3.57. The number of benzene rings is 1. The molecule has 1 amide bonds. The minimum atomic E-state index is -0.00202. The van der Waals surface area contributed by atoms with Crippen molar-refractivity contribution in [2.75, 3.05) is 0 Å². The summed E-state index contributed by atoms with van der Waals surface area (Å²) < 4.78 is 3.60. The second-order valence-corrected chi connectivity index (χ2v) is 7.66. The smallest absolute Gasteiger partial charge is 0.329 e. The number of nitrogens with zero attached hydrogens (tertiary/aromatic N) is 3. The van der Waals surface area contributed by atoms with Crippen LogP contribution in [0.25, 0.3) is 11.0 Å². The van der Waals surface area contributed by atoms with Crippen LogP contribution in [0, 0.1) is 0 Å². The second-order valence-electron chi connectivity index (χ2n) is 7.66. The van der Waals surface area contributed by atoms with E-state index in [0.29, 0.717) is 25.6 Å². The molecule has 0 atom stereocenters. The van der Waals surface area contributed by atoms with Gasteiger partial charge in [0.2, 0.25) is 5.91 Å². The van der Waals surface area contributed by atoms with Crippen LogP contribution in [-0.4, -0.2) is 32.0 Å². The Labute approximate surface area is 155 Å². The number of imidazole rings is 1. The number of para-hydroxylation sites is 2. The van der Waals surface area contributed by atoms with Crippen molar-refractivity contribution in [1.82, 2.24) is 14.0 Å². The van der Waals surface area contributed by atoms with Gasteiger partial charge in [0.25, 0.3) is 0 Å². The normalized spacial score (nSPS) is 15.2. The van der Waals surface area contributed by atoms with E-state index in [-0.39, 0.29) is 17.6 Å². The molecule has 1 aliphatic carbocycles. The molecule has 0 unspecified atom stereocenters. The van der Waals surface area contributed by atoms with Gasteiger partial charge in [-0.2, -0.15) is 0 Å². The van der Waals surface area contributed by atoms with Gasteiger partial charge in [-0.1, -0.05) is 31.9 Å². The van der Waals surface area contributed by atoms with Crippen molar-refractivity contribution in [3.05, 3.63) is 34.7 Å². The summed E-state index contributed by atoms with van der Waals surface area (Å²) in [6, 6.07) is 8.47. The standard InChI is InChI=1S/C21H31N3O2/c1-4-14-22-18-11-7-8-12-19(18)23(21(22)26)15-13-20(25)24(16(2)3)17-9-5-6-10-17/h7-8,11-12,16-17H,4-6,9-10,13-15H2,1-3H3.